The third-order valence-electron chi connectivity index (χ3n) is 3.66. The van der Waals surface area contributed by atoms with Gasteiger partial charge in [0.1, 0.15) is 11.3 Å². The second-order valence-corrected chi connectivity index (χ2v) is 6.19. The van der Waals surface area contributed by atoms with Crippen LogP contribution in [0.2, 0.25) is 0 Å². The molecule has 3 fully saturated rings. The zero-order valence-electron chi connectivity index (χ0n) is 9.57. The molecule has 0 aromatic rings. The first-order valence-corrected chi connectivity index (χ1v) is 6.25. The number of halogens is 1. The molecule has 5 nitrogen and oxygen atoms in total. The van der Waals surface area contributed by atoms with Crippen molar-refractivity contribution < 1.29 is 9.77 Å². The highest BCUT2D eigenvalue weighted by Gasteiger charge is 2.58. The molecule has 0 amide bonds. The summed E-state index contributed by atoms with van der Waals surface area (Å²) in [4.78, 5) is 10.5. The third kappa shape index (κ3) is 1.68. The van der Waals surface area contributed by atoms with Gasteiger partial charge in [-0.15, -0.1) is 0 Å². The molecule has 2 saturated heterocycles. The monoisotopic (exact) mass is 290 g/mol. The summed E-state index contributed by atoms with van der Waals surface area (Å²) in [5.74, 6) is 0.244. The first-order chi connectivity index (χ1) is 7.26. The standard InChI is InChI=1S/C10H15BrN2O3/c1-9(2)6-4-5-10(3,16-9)8(7(6)11)12-13(14)15/h6-7H,4-5H2,1-3H3/b12-8+/t6?,7-,10-/m1/s1. The molecule has 0 N–H and O–H groups in total. The Morgan fingerprint density at radius 3 is 2.62 bits per heavy atom. The van der Waals surface area contributed by atoms with Gasteiger partial charge in [-0.25, -0.2) is 10.1 Å². The predicted octanol–water partition coefficient (Wildman–Crippen LogP) is 2.36. The minimum Gasteiger partial charge on any atom is -0.363 e. The van der Waals surface area contributed by atoms with Gasteiger partial charge in [0.2, 0.25) is 0 Å². The van der Waals surface area contributed by atoms with Gasteiger partial charge < -0.3 is 4.74 Å². The van der Waals surface area contributed by atoms with E-state index in [1.807, 2.05) is 20.8 Å². The van der Waals surface area contributed by atoms with Gasteiger partial charge >= 0.3 is 0 Å². The van der Waals surface area contributed by atoms with Gasteiger partial charge in [0.15, 0.2) is 5.03 Å². The molecule has 2 aliphatic heterocycles. The van der Waals surface area contributed by atoms with Gasteiger partial charge in [0.25, 0.3) is 0 Å². The van der Waals surface area contributed by atoms with Crippen LogP contribution in [0.1, 0.15) is 33.6 Å². The molecule has 0 aromatic carbocycles. The fourth-order valence-electron chi connectivity index (χ4n) is 2.90. The van der Waals surface area contributed by atoms with Crippen LogP contribution >= 0.6 is 15.9 Å². The van der Waals surface area contributed by atoms with Crippen LogP contribution in [0.15, 0.2) is 5.10 Å². The Bertz CT molecular complexity index is 369. The van der Waals surface area contributed by atoms with Crippen molar-refractivity contribution in [2.45, 2.75) is 49.6 Å². The van der Waals surface area contributed by atoms with Crippen molar-refractivity contribution in [2.75, 3.05) is 0 Å². The fourth-order valence-corrected chi connectivity index (χ4v) is 4.37. The lowest BCUT2D eigenvalue weighted by atomic mass is 9.67. The average Bonchev–Trinajstić information content (AvgIpc) is 2.09. The van der Waals surface area contributed by atoms with Crippen LogP contribution in [0.3, 0.4) is 0 Å². The average molecular weight is 291 g/mol. The lowest BCUT2D eigenvalue weighted by Gasteiger charge is -2.55. The number of hydrogen-bond acceptors (Lipinski definition) is 3. The van der Waals surface area contributed by atoms with Gasteiger partial charge in [0.05, 0.1) is 15.5 Å². The van der Waals surface area contributed by atoms with E-state index >= 15 is 0 Å². The topological polar surface area (TPSA) is 64.7 Å². The highest BCUT2D eigenvalue weighted by molar-refractivity contribution is 9.10. The van der Waals surface area contributed by atoms with Crippen LogP contribution in [0.5, 0.6) is 0 Å². The van der Waals surface area contributed by atoms with Crippen molar-refractivity contribution in [3.63, 3.8) is 0 Å². The molecule has 3 atom stereocenters. The molecule has 2 bridgehead atoms. The molecule has 0 spiro atoms. The van der Waals surface area contributed by atoms with E-state index in [2.05, 4.69) is 21.0 Å². The third-order valence-corrected chi connectivity index (χ3v) is 4.73. The summed E-state index contributed by atoms with van der Waals surface area (Å²) in [5, 5.41) is 13.4. The Hall–Kier alpha value is -0.490. The maximum absolute atomic E-state index is 10.5. The smallest absolute Gasteiger partial charge is 0.190 e. The molecule has 1 unspecified atom stereocenters. The van der Waals surface area contributed by atoms with Crippen molar-refractivity contribution in [2.24, 2.45) is 11.0 Å². The lowest BCUT2D eigenvalue weighted by molar-refractivity contribution is -0.486. The molecule has 3 rings (SSSR count). The Balaban J connectivity index is 2.43. The van der Waals surface area contributed by atoms with Gasteiger partial charge in [-0.1, -0.05) is 15.9 Å². The number of ether oxygens (including phenoxy) is 1. The maximum Gasteiger partial charge on any atom is 0.190 e. The van der Waals surface area contributed by atoms with Crippen molar-refractivity contribution in [3.05, 3.63) is 10.1 Å². The van der Waals surface area contributed by atoms with Crippen molar-refractivity contribution in [1.82, 2.24) is 0 Å². The van der Waals surface area contributed by atoms with Crippen LogP contribution in [0.4, 0.5) is 0 Å². The molecule has 3 aliphatic rings. The first-order valence-electron chi connectivity index (χ1n) is 5.34. The molecule has 16 heavy (non-hydrogen) atoms. The largest absolute Gasteiger partial charge is 0.363 e. The van der Waals surface area contributed by atoms with Crippen LogP contribution in [-0.4, -0.2) is 26.8 Å². The number of nitro groups is 1. The number of fused-ring (bicyclic) bond motifs is 3. The first kappa shape index (κ1) is 12.0. The zero-order chi connectivity index (χ0) is 12.1. The van der Waals surface area contributed by atoms with Gasteiger partial charge in [-0.3, -0.25) is 0 Å². The number of nitrogens with zero attached hydrogens (tertiary/aromatic N) is 2. The van der Waals surface area contributed by atoms with Gasteiger partial charge in [0, 0.05) is 5.92 Å². The zero-order valence-corrected chi connectivity index (χ0v) is 11.2. The molecule has 0 radical (unpaired) electrons. The second kappa shape index (κ2) is 3.50. The van der Waals surface area contributed by atoms with Crippen molar-refractivity contribution in [1.29, 1.82) is 0 Å². The molecule has 2 heterocycles. The van der Waals surface area contributed by atoms with Gasteiger partial charge in [-0.2, -0.15) is 0 Å². The van der Waals surface area contributed by atoms with Crippen molar-refractivity contribution in [3.8, 4) is 0 Å². The minimum atomic E-state index is -0.633. The molecule has 0 aromatic heterocycles. The molecule has 1 saturated carbocycles. The van der Waals surface area contributed by atoms with E-state index in [0.717, 1.165) is 12.8 Å². The summed E-state index contributed by atoms with van der Waals surface area (Å²) in [6.45, 7) is 5.96. The Labute approximate surface area is 103 Å². The number of hydrogen-bond donors (Lipinski definition) is 0. The van der Waals surface area contributed by atoms with Crippen LogP contribution in [0.25, 0.3) is 0 Å². The number of hydrazone groups is 1. The van der Waals surface area contributed by atoms with E-state index < -0.39 is 10.6 Å². The summed E-state index contributed by atoms with van der Waals surface area (Å²) < 4.78 is 5.98. The summed E-state index contributed by atoms with van der Waals surface area (Å²) >= 11 is 3.54. The van der Waals surface area contributed by atoms with E-state index in [4.69, 9.17) is 4.74 Å². The molecule has 1 aliphatic carbocycles. The Kier molecular flexibility index (Phi) is 2.62. The van der Waals surface area contributed by atoms with Gasteiger partial charge in [-0.05, 0) is 33.6 Å². The molecule has 90 valence electrons. The van der Waals surface area contributed by atoms with Crippen molar-refractivity contribution >= 4 is 21.6 Å². The lowest BCUT2D eigenvalue weighted by Crippen LogP contribution is -2.64. The molecular weight excluding hydrogens is 276 g/mol. The second-order valence-electron chi connectivity index (χ2n) is 5.21. The van der Waals surface area contributed by atoms with E-state index in [-0.39, 0.29) is 16.3 Å². The highest BCUT2D eigenvalue weighted by atomic mass is 79.9. The summed E-state index contributed by atoms with van der Waals surface area (Å²) in [7, 11) is 0. The van der Waals surface area contributed by atoms with E-state index in [1.54, 1.807) is 0 Å². The SMILES string of the molecule is CC1(C)O[C@]2(C)CCC1[C@@H](Br)/C2=N\[N+](=O)[O-]. The van der Waals surface area contributed by atoms with E-state index in [0.29, 0.717) is 5.71 Å². The Morgan fingerprint density at radius 2 is 2.19 bits per heavy atom. The normalized spacial score (nSPS) is 43.6. The maximum atomic E-state index is 10.5. The number of rotatable bonds is 1. The summed E-state index contributed by atoms with van der Waals surface area (Å²) in [6, 6.07) is 0. The minimum absolute atomic E-state index is 0.0552. The summed E-state index contributed by atoms with van der Waals surface area (Å²) in [6.07, 6.45) is 1.81. The predicted molar refractivity (Wildman–Crippen MR) is 63.4 cm³/mol. The molecule has 6 heteroatoms. The highest BCUT2D eigenvalue weighted by Crippen LogP contribution is 2.50. The van der Waals surface area contributed by atoms with E-state index in [1.165, 1.54) is 0 Å². The number of alkyl halides is 1. The van der Waals surface area contributed by atoms with Crippen LogP contribution < -0.4 is 0 Å². The van der Waals surface area contributed by atoms with E-state index in [9.17, 15) is 10.1 Å². The van der Waals surface area contributed by atoms with Crippen LogP contribution in [0, 0.1) is 16.0 Å². The molecular formula is C10H15BrN2O3. The fraction of sp³-hybridized carbons (Fsp3) is 0.900. The Morgan fingerprint density at radius 1 is 1.56 bits per heavy atom. The summed E-state index contributed by atoms with van der Waals surface area (Å²) in [5.41, 5.74) is -0.330. The van der Waals surface area contributed by atoms with Crippen LogP contribution in [-0.2, 0) is 4.74 Å². The quantitative estimate of drug-likeness (QED) is 0.423.